The molecule has 0 N–H and O–H groups in total. The van der Waals surface area contributed by atoms with Crippen LogP contribution < -0.4 is 4.90 Å². The molecule has 0 saturated carbocycles. The highest BCUT2D eigenvalue weighted by Gasteiger charge is 2.32. The van der Waals surface area contributed by atoms with Gasteiger partial charge in [-0.05, 0) is 31.7 Å². The largest absolute Gasteiger partial charge is 0.350 e. The van der Waals surface area contributed by atoms with Crippen LogP contribution in [-0.2, 0) is 6.54 Å². The summed E-state index contributed by atoms with van der Waals surface area (Å²) in [7, 11) is 1.96. The predicted octanol–water partition coefficient (Wildman–Crippen LogP) is 2.03. The van der Waals surface area contributed by atoms with Crippen LogP contribution >= 0.6 is 0 Å². The average Bonchev–Trinajstić information content (AvgIpc) is 2.87. The highest BCUT2D eigenvalue weighted by Crippen LogP contribution is 2.25. The van der Waals surface area contributed by atoms with E-state index in [4.69, 9.17) is 0 Å². The minimum Gasteiger partial charge on any atom is -0.350 e. The van der Waals surface area contributed by atoms with E-state index in [2.05, 4.69) is 25.0 Å². The molecule has 6 nitrogen and oxygen atoms in total. The lowest BCUT2D eigenvalue weighted by molar-refractivity contribution is 0.196. The number of halogens is 2. The lowest BCUT2D eigenvalue weighted by Crippen LogP contribution is -2.58. The Kier molecular flexibility index (Phi) is 3.84. The van der Waals surface area contributed by atoms with E-state index in [1.165, 1.54) is 12.1 Å². The highest BCUT2D eigenvalue weighted by molar-refractivity contribution is 5.65. The number of hydrogen-bond donors (Lipinski definition) is 0. The zero-order chi connectivity index (χ0) is 17.6. The van der Waals surface area contributed by atoms with E-state index < -0.39 is 11.6 Å². The van der Waals surface area contributed by atoms with Crippen LogP contribution in [0.1, 0.15) is 11.4 Å². The number of anilines is 1. The fourth-order valence-electron chi connectivity index (χ4n) is 3.18. The summed E-state index contributed by atoms with van der Waals surface area (Å²) >= 11 is 0. The summed E-state index contributed by atoms with van der Waals surface area (Å²) in [6.45, 7) is 3.96. The number of likely N-dealkylation sites (N-methyl/N-ethyl adjacent to an activating group) is 1. The van der Waals surface area contributed by atoms with Gasteiger partial charge >= 0.3 is 0 Å². The monoisotopic (exact) mass is 344 g/mol. The van der Waals surface area contributed by atoms with E-state index >= 15 is 0 Å². The summed E-state index contributed by atoms with van der Waals surface area (Å²) in [5.74, 6) is 0.541. The first kappa shape index (κ1) is 15.9. The Bertz CT molecular complexity index is 898. The topological polar surface area (TPSA) is 49.6 Å². The Morgan fingerprint density at radius 1 is 1.16 bits per heavy atom. The second-order valence-corrected chi connectivity index (χ2v) is 6.44. The van der Waals surface area contributed by atoms with Crippen LogP contribution in [0.25, 0.3) is 5.65 Å². The number of hydrogen-bond acceptors (Lipinski definition) is 5. The number of fused-ring (bicyclic) bond motifs is 1. The molecule has 130 valence electrons. The SMILES string of the molecule is Cc1nnc2c(N3CC(N(C)Cc4cc(F)cc(F)c4)C3)nccn12. The predicted molar refractivity (Wildman–Crippen MR) is 89.3 cm³/mol. The molecule has 0 radical (unpaired) electrons. The molecule has 1 fully saturated rings. The molecule has 0 unspecified atom stereocenters. The molecule has 1 saturated heterocycles. The highest BCUT2D eigenvalue weighted by atomic mass is 19.1. The fourth-order valence-corrected chi connectivity index (χ4v) is 3.18. The van der Waals surface area contributed by atoms with E-state index in [-0.39, 0.29) is 6.04 Å². The summed E-state index contributed by atoms with van der Waals surface area (Å²) in [6, 6.07) is 3.92. The maximum atomic E-state index is 13.3. The van der Waals surface area contributed by atoms with Gasteiger partial charge in [0.1, 0.15) is 17.5 Å². The van der Waals surface area contributed by atoms with Crippen molar-refractivity contribution in [1.82, 2.24) is 24.5 Å². The van der Waals surface area contributed by atoms with Crippen molar-refractivity contribution in [2.75, 3.05) is 25.0 Å². The number of rotatable bonds is 4. The summed E-state index contributed by atoms with van der Waals surface area (Å²) < 4.78 is 28.5. The minimum atomic E-state index is -0.545. The van der Waals surface area contributed by atoms with Gasteiger partial charge in [0.2, 0.25) is 5.65 Å². The number of nitrogens with zero attached hydrogens (tertiary/aromatic N) is 6. The maximum Gasteiger partial charge on any atom is 0.203 e. The molecular formula is C17H18F2N6. The van der Waals surface area contributed by atoms with E-state index in [9.17, 15) is 8.78 Å². The van der Waals surface area contributed by atoms with Gasteiger partial charge in [-0.15, -0.1) is 10.2 Å². The van der Waals surface area contributed by atoms with Crippen molar-refractivity contribution in [2.24, 2.45) is 0 Å². The maximum absolute atomic E-state index is 13.3. The Labute approximate surface area is 143 Å². The molecule has 0 amide bonds. The molecule has 0 spiro atoms. The zero-order valence-corrected chi connectivity index (χ0v) is 14.0. The molecule has 2 aromatic heterocycles. The van der Waals surface area contributed by atoms with Gasteiger partial charge in [0, 0.05) is 44.1 Å². The standard InChI is InChI=1S/C17H18F2N6/c1-11-21-22-17-16(20-3-4-25(11)17)24-9-15(10-24)23(2)8-12-5-13(18)7-14(19)6-12/h3-7,15H,8-10H2,1-2H3. The fraction of sp³-hybridized carbons (Fsp3) is 0.353. The van der Waals surface area contributed by atoms with Gasteiger partial charge in [0.15, 0.2) is 5.82 Å². The molecule has 8 heteroatoms. The number of aryl methyl sites for hydroxylation is 1. The van der Waals surface area contributed by atoms with Gasteiger partial charge in [-0.3, -0.25) is 9.30 Å². The Morgan fingerprint density at radius 3 is 2.60 bits per heavy atom. The molecule has 1 aliphatic heterocycles. The molecule has 0 aliphatic carbocycles. The normalized spacial score (nSPS) is 15.2. The van der Waals surface area contributed by atoms with Crippen molar-refractivity contribution < 1.29 is 8.78 Å². The van der Waals surface area contributed by atoms with Crippen LogP contribution in [0.3, 0.4) is 0 Å². The second kappa shape index (κ2) is 6.03. The first-order valence-corrected chi connectivity index (χ1v) is 8.08. The van der Waals surface area contributed by atoms with Gasteiger partial charge < -0.3 is 4.90 Å². The summed E-state index contributed by atoms with van der Waals surface area (Å²) in [4.78, 5) is 8.66. The van der Waals surface area contributed by atoms with Crippen LogP contribution in [0.2, 0.25) is 0 Å². The molecule has 0 atom stereocenters. The Morgan fingerprint density at radius 2 is 1.88 bits per heavy atom. The molecule has 4 rings (SSSR count). The lowest BCUT2D eigenvalue weighted by atomic mass is 10.1. The number of benzene rings is 1. The minimum absolute atomic E-state index is 0.289. The quantitative estimate of drug-likeness (QED) is 0.725. The van der Waals surface area contributed by atoms with Crippen molar-refractivity contribution in [3.05, 3.63) is 53.6 Å². The summed E-state index contributed by atoms with van der Waals surface area (Å²) in [6.07, 6.45) is 3.58. The van der Waals surface area contributed by atoms with E-state index in [0.29, 0.717) is 12.1 Å². The van der Waals surface area contributed by atoms with Crippen molar-refractivity contribution in [1.29, 1.82) is 0 Å². The van der Waals surface area contributed by atoms with Crippen LogP contribution in [0, 0.1) is 18.6 Å². The summed E-state index contributed by atoms with van der Waals surface area (Å²) in [5, 5.41) is 8.28. The van der Waals surface area contributed by atoms with Crippen molar-refractivity contribution in [2.45, 2.75) is 19.5 Å². The third-order valence-corrected chi connectivity index (χ3v) is 4.62. The number of aromatic nitrogens is 4. The Balaban J connectivity index is 1.44. The van der Waals surface area contributed by atoms with E-state index in [1.54, 1.807) is 6.20 Å². The van der Waals surface area contributed by atoms with E-state index in [1.807, 2.05) is 24.6 Å². The van der Waals surface area contributed by atoms with Gasteiger partial charge in [0.25, 0.3) is 0 Å². The third kappa shape index (κ3) is 2.93. The third-order valence-electron chi connectivity index (χ3n) is 4.62. The van der Waals surface area contributed by atoms with Gasteiger partial charge in [-0.25, -0.2) is 13.8 Å². The van der Waals surface area contributed by atoms with Crippen LogP contribution in [-0.4, -0.2) is 50.7 Å². The van der Waals surface area contributed by atoms with Crippen LogP contribution in [0.15, 0.2) is 30.6 Å². The van der Waals surface area contributed by atoms with Crippen molar-refractivity contribution in [3.63, 3.8) is 0 Å². The molecular weight excluding hydrogens is 326 g/mol. The first-order valence-electron chi connectivity index (χ1n) is 8.08. The van der Waals surface area contributed by atoms with Crippen LogP contribution in [0.5, 0.6) is 0 Å². The molecule has 25 heavy (non-hydrogen) atoms. The molecule has 1 aromatic carbocycles. The van der Waals surface area contributed by atoms with Gasteiger partial charge in [-0.2, -0.15) is 0 Å². The zero-order valence-electron chi connectivity index (χ0n) is 14.0. The van der Waals surface area contributed by atoms with Crippen LogP contribution in [0.4, 0.5) is 14.6 Å². The molecule has 0 bridgehead atoms. The van der Waals surface area contributed by atoms with Gasteiger partial charge in [-0.1, -0.05) is 0 Å². The van der Waals surface area contributed by atoms with Crippen molar-refractivity contribution >= 4 is 11.5 Å². The lowest BCUT2D eigenvalue weighted by Gasteiger charge is -2.44. The van der Waals surface area contributed by atoms with E-state index in [0.717, 1.165) is 36.4 Å². The molecule has 3 aromatic rings. The van der Waals surface area contributed by atoms with Crippen molar-refractivity contribution in [3.8, 4) is 0 Å². The second-order valence-electron chi connectivity index (χ2n) is 6.44. The smallest absolute Gasteiger partial charge is 0.203 e. The Hall–Kier alpha value is -2.61. The first-order chi connectivity index (χ1) is 12.0. The summed E-state index contributed by atoms with van der Waals surface area (Å²) in [5.41, 5.74) is 1.38. The van der Waals surface area contributed by atoms with Gasteiger partial charge in [0.05, 0.1) is 0 Å². The average molecular weight is 344 g/mol. The molecule has 3 heterocycles. The molecule has 1 aliphatic rings.